The second-order valence-corrected chi connectivity index (χ2v) is 6.82. The molecule has 10 heteroatoms. The van der Waals surface area contributed by atoms with Gasteiger partial charge in [0.2, 0.25) is 11.7 Å². The van der Waals surface area contributed by atoms with Gasteiger partial charge in [-0.05, 0) is 48.9 Å². The molecule has 0 aliphatic carbocycles. The van der Waals surface area contributed by atoms with Gasteiger partial charge in [-0.3, -0.25) is 9.69 Å². The highest BCUT2D eigenvalue weighted by atomic mass is 19.2. The standard InChI is InChI=1S/C20H16F2N4O4/c1-20(12-5-8-14(21)15(22)9-12)18(27)26(19(28)24-20)10-16-23-17(25-30-16)11-3-6-13(29-2)7-4-11/h3-9H,10H2,1-2H3,(H,24,28)/t20-/m1/s1. The van der Waals surface area contributed by atoms with Crippen LogP contribution in [0.1, 0.15) is 18.4 Å². The first-order valence-electron chi connectivity index (χ1n) is 8.88. The van der Waals surface area contributed by atoms with Crippen LogP contribution in [0.4, 0.5) is 13.6 Å². The minimum absolute atomic E-state index is 0.0406. The Bertz CT molecular complexity index is 1130. The molecule has 1 aliphatic heterocycles. The van der Waals surface area contributed by atoms with Crippen LogP contribution >= 0.6 is 0 Å². The van der Waals surface area contributed by atoms with Crippen molar-refractivity contribution in [2.24, 2.45) is 0 Å². The lowest BCUT2D eigenvalue weighted by Crippen LogP contribution is -2.41. The zero-order chi connectivity index (χ0) is 21.5. The smallest absolute Gasteiger partial charge is 0.325 e. The number of methoxy groups -OCH3 is 1. The second-order valence-electron chi connectivity index (χ2n) is 6.82. The van der Waals surface area contributed by atoms with E-state index in [2.05, 4.69) is 15.5 Å². The molecule has 0 spiro atoms. The molecule has 8 nitrogen and oxygen atoms in total. The van der Waals surface area contributed by atoms with Crippen LogP contribution in [-0.2, 0) is 16.9 Å². The van der Waals surface area contributed by atoms with Crippen LogP contribution in [0, 0.1) is 11.6 Å². The minimum Gasteiger partial charge on any atom is -0.497 e. The topological polar surface area (TPSA) is 97.6 Å². The quantitative estimate of drug-likeness (QED) is 0.645. The maximum Gasteiger partial charge on any atom is 0.325 e. The summed E-state index contributed by atoms with van der Waals surface area (Å²) in [7, 11) is 1.55. The summed E-state index contributed by atoms with van der Waals surface area (Å²) in [5.74, 6) is -1.83. The monoisotopic (exact) mass is 414 g/mol. The fourth-order valence-electron chi connectivity index (χ4n) is 3.16. The van der Waals surface area contributed by atoms with Gasteiger partial charge in [0.25, 0.3) is 5.91 Å². The van der Waals surface area contributed by atoms with E-state index in [-0.39, 0.29) is 23.8 Å². The highest BCUT2D eigenvalue weighted by molar-refractivity contribution is 6.07. The van der Waals surface area contributed by atoms with Crippen molar-refractivity contribution in [1.82, 2.24) is 20.4 Å². The van der Waals surface area contributed by atoms with E-state index in [4.69, 9.17) is 9.26 Å². The molecule has 2 heterocycles. The first-order chi connectivity index (χ1) is 14.3. The highest BCUT2D eigenvalue weighted by Crippen LogP contribution is 2.31. The van der Waals surface area contributed by atoms with Gasteiger partial charge in [0.1, 0.15) is 17.8 Å². The molecule has 1 fully saturated rings. The van der Waals surface area contributed by atoms with Gasteiger partial charge in [-0.1, -0.05) is 11.2 Å². The average molecular weight is 414 g/mol. The van der Waals surface area contributed by atoms with Crippen molar-refractivity contribution in [2.75, 3.05) is 7.11 Å². The molecule has 1 N–H and O–H groups in total. The van der Waals surface area contributed by atoms with Crippen molar-refractivity contribution in [1.29, 1.82) is 0 Å². The summed E-state index contributed by atoms with van der Waals surface area (Å²) >= 11 is 0. The molecule has 0 unspecified atom stereocenters. The van der Waals surface area contributed by atoms with Gasteiger partial charge in [0, 0.05) is 5.56 Å². The zero-order valence-corrected chi connectivity index (χ0v) is 16.0. The van der Waals surface area contributed by atoms with Crippen LogP contribution in [0.15, 0.2) is 47.0 Å². The predicted octanol–water partition coefficient (Wildman–Crippen LogP) is 2.99. The zero-order valence-electron chi connectivity index (χ0n) is 16.0. The van der Waals surface area contributed by atoms with Gasteiger partial charge in [-0.25, -0.2) is 13.6 Å². The number of urea groups is 1. The van der Waals surface area contributed by atoms with Gasteiger partial charge < -0.3 is 14.6 Å². The number of ether oxygens (including phenoxy) is 1. The van der Waals surface area contributed by atoms with E-state index in [0.717, 1.165) is 17.0 Å². The molecule has 3 amide bonds. The van der Waals surface area contributed by atoms with E-state index in [0.29, 0.717) is 11.3 Å². The van der Waals surface area contributed by atoms with Crippen LogP contribution in [0.3, 0.4) is 0 Å². The fraction of sp³-hybridized carbons (Fsp3) is 0.200. The van der Waals surface area contributed by atoms with Crippen molar-refractivity contribution < 1.29 is 27.6 Å². The number of rotatable bonds is 5. The van der Waals surface area contributed by atoms with Gasteiger partial charge in [-0.2, -0.15) is 4.98 Å². The molecule has 3 aromatic rings. The van der Waals surface area contributed by atoms with Crippen LogP contribution in [-0.4, -0.2) is 34.1 Å². The number of halogens is 2. The number of nitrogens with one attached hydrogen (secondary N) is 1. The Kier molecular flexibility index (Phi) is 4.69. The van der Waals surface area contributed by atoms with E-state index in [1.165, 1.54) is 13.0 Å². The molecule has 4 rings (SSSR count). The number of carbonyl (C=O) groups is 2. The third kappa shape index (κ3) is 3.25. The summed E-state index contributed by atoms with van der Waals surface area (Å²) in [5, 5.41) is 6.37. The largest absolute Gasteiger partial charge is 0.497 e. The number of benzene rings is 2. The number of imide groups is 1. The summed E-state index contributed by atoms with van der Waals surface area (Å²) in [4.78, 5) is 30.4. The lowest BCUT2D eigenvalue weighted by atomic mass is 9.92. The summed E-state index contributed by atoms with van der Waals surface area (Å²) in [6, 6.07) is 9.25. The van der Waals surface area contributed by atoms with Crippen LogP contribution in [0.2, 0.25) is 0 Å². The van der Waals surface area contributed by atoms with Crippen LogP contribution < -0.4 is 10.1 Å². The molecule has 154 valence electrons. The van der Waals surface area contributed by atoms with E-state index >= 15 is 0 Å². The number of carbonyl (C=O) groups excluding carboxylic acids is 2. The number of hydrogen-bond acceptors (Lipinski definition) is 6. The molecule has 0 bridgehead atoms. The predicted molar refractivity (Wildman–Crippen MR) is 99.1 cm³/mol. The third-order valence-corrected chi connectivity index (χ3v) is 4.88. The number of hydrogen-bond donors (Lipinski definition) is 1. The third-order valence-electron chi connectivity index (χ3n) is 4.88. The SMILES string of the molecule is COc1ccc(-c2noc(CN3C(=O)N[C@](C)(c4ccc(F)c(F)c4)C3=O)n2)cc1. The van der Waals surface area contributed by atoms with E-state index in [1.54, 1.807) is 31.4 Å². The van der Waals surface area contributed by atoms with Crippen molar-refractivity contribution in [3.05, 3.63) is 65.6 Å². The minimum atomic E-state index is -1.55. The molecule has 0 saturated carbocycles. The Hall–Kier alpha value is -3.82. The van der Waals surface area contributed by atoms with Crippen molar-refractivity contribution >= 4 is 11.9 Å². The lowest BCUT2D eigenvalue weighted by molar-refractivity contribution is -0.131. The molecule has 30 heavy (non-hydrogen) atoms. The lowest BCUT2D eigenvalue weighted by Gasteiger charge is -2.22. The number of nitrogens with zero attached hydrogens (tertiary/aromatic N) is 3. The molecule has 1 atom stereocenters. The maximum absolute atomic E-state index is 13.6. The first kappa shape index (κ1) is 19.5. The fourth-order valence-corrected chi connectivity index (χ4v) is 3.16. The Balaban J connectivity index is 1.55. The molecule has 1 aromatic heterocycles. The average Bonchev–Trinajstić information content (AvgIpc) is 3.29. The van der Waals surface area contributed by atoms with Crippen molar-refractivity contribution in [2.45, 2.75) is 19.0 Å². The first-order valence-corrected chi connectivity index (χ1v) is 8.88. The van der Waals surface area contributed by atoms with Gasteiger partial charge in [-0.15, -0.1) is 0 Å². The second kappa shape index (κ2) is 7.21. The molecule has 2 aromatic carbocycles. The van der Waals surface area contributed by atoms with Crippen molar-refractivity contribution in [3.8, 4) is 17.1 Å². The molecular weight excluding hydrogens is 398 g/mol. The normalized spacial score (nSPS) is 18.6. The van der Waals surface area contributed by atoms with Crippen LogP contribution in [0.5, 0.6) is 5.75 Å². The van der Waals surface area contributed by atoms with E-state index in [9.17, 15) is 18.4 Å². The Morgan fingerprint density at radius 1 is 1.13 bits per heavy atom. The Labute approximate surface area is 169 Å². The van der Waals surface area contributed by atoms with E-state index < -0.39 is 29.1 Å². The highest BCUT2D eigenvalue weighted by Gasteiger charge is 2.49. The maximum atomic E-state index is 13.6. The number of aromatic nitrogens is 2. The van der Waals surface area contributed by atoms with Crippen LogP contribution in [0.25, 0.3) is 11.4 Å². The molecule has 1 aliphatic rings. The molecular formula is C20H16F2N4O4. The van der Waals surface area contributed by atoms with E-state index in [1.807, 2.05) is 0 Å². The Morgan fingerprint density at radius 2 is 1.87 bits per heavy atom. The summed E-state index contributed by atoms with van der Waals surface area (Å²) < 4.78 is 37.1. The van der Waals surface area contributed by atoms with Crippen molar-refractivity contribution in [3.63, 3.8) is 0 Å². The number of amides is 3. The Morgan fingerprint density at radius 3 is 2.53 bits per heavy atom. The van der Waals surface area contributed by atoms with Gasteiger partial charge in [0.15, 0.2) is 11.6 Å². The van der Waals surface area contributed by atoms with Gasteiger partial charge >= 0.3 is 6.03 Å². The van der Waals surface area contributed by atoms with Gasteiger partial charge in [0.05, 0.1) is 7.11 Å². The molecule has 0 radical (unpaired) electrons. The summed E-state index contributed by atoms with van der Waals surface area (Å²) in [6.45, 7) is 1.14. The summed E-state index contributed by atoms with van der Waals surface area (Å²) in [6.07, 6.45) is 0. The summed E-state index contributed by atoms with van der Waals surface area (Å²) in [5.41, 5.74) is -0.772. The molecule has 1 saturated heterocycles.